The number of carboxylic acid groups (broad SMARTS) is 1. The molecule has 0 saturated carbocycles. The molecule has 0 fully saturated rings. The highest BCUT2D eigenvalue weighted by Crippen LogP contribution is 2.06. The normalized spacial score (nSPS) is 11.1. The first-order valence-electron chi connectivity index (χ1n) is 8.42. The quantitative estimate of drug-likeness (QED) is 0.392. The Morgan fingerprint density at radius 1 is 0.864 bits per heavy atom. The van der Waals surface area contributed by atoms with Crippen molar-refractivity contribution in [3.05, 3.63) is 0 Å². The summed E-state index contributed by atoms with van der Waals surface area (Å²) >= 11 is 0. The van der Waals surface area contributed by atoms with Crippen LogP contribution in [-0.4, -0.2) is 59.8 Å². The molecule has 0 atom stereocenters. The Morgan fingerprint density at radius 2 is 1.45 bits per heavy atom. The summed E-state index contributed by atoms with van der Waals surface area (Å²) < 4.78 is 5.11. The summed E-state index contributed by atoms with van der Waals surface area (Å²) in [5, 5.41) is 13.1. The van der Waals surface area contributed by atoms with E-state index in [1.54, 1.807) is 0 Å². The number of hydrazine groups is 1. The second-order valence-electron chi connectivity index (χ2n) is 5.38. The number of nitrogens with zero attached hydrogens (tertiary/aromatic N) is 2. The first kappa shape index (κ1) is 20.9. The maximum absolute atomic E-state index is 11.6. The summed E-state index contributed by atoms with van der Waals surface area (Å²) in [4.78, 5) is 22.3. The van der Waals surface area contributed by atoms with Gasteiger partial charge in [0.2, 0.25) is 0 Å². The molecule has 0 amide bonds. The molecule has 0 aromatic carbocycles. The predicted molar refractivity (Wildman–Crippen MR) is 86.5 cm³/mol. The van der Waals surface area contributed by atoms with Gasteiger partial charge in [0.25, 0.3) is 0 Å². The van der Waals surface area contributed by atoms with E-state index in [1.165, 1.54) is 0 Å². The Kier molecular flexibility index (Phi) is 12.8. The van der Waals surface area contributed by atoms with E-state index < -0.39 is 5.97 Å². The lowest BCUT2D eigenvalue weighted by molar-refractivity contribution is -0.145. The summed E-state index contributed by atoms with van der Waals surface area (Å²) in [6, 6.07) is 0. The van der Waals surface area contributed by atoms with Gasteiger partial charge in [-0.1, -0.05) is 20.8 Å². The molecule has 130 valence electrons. The second-order valence-corrected chi connectivity index (χ2v) is 5.38. The van der Waals surface area contributed by atoms with Gasteiger partial charge in [0.05, 0.1) is 13.0 Å². The van der Waals surface area contributed by atoms with Gasteiger partial charge in [-0.2, -0.15) is 0 Å². The molecule has 0 spiro atoms. The van der Waals surface area contributed by atoms with Crippen molar-refractivity contribution in [3.63, 3.8) is 0 Å². The number of aliphatic carboxylic acids is 1. The van der Waals surface area contributed by atoms with Crippen LogP contribution in [0.2, 0.25) is 0 Å². The minimum atomic E-state index is -0.762. The van der Waals surface area contributed by atoms with E-state index in [0.29, 0.717) is 32.5 Å². The SMILES string of the molecule is CCCOC(=O)CCN(CCC)N(CCC)CCCC(=O)O. The third kappa shape index (κ3) is 10.6. The molecule has 0 rings (SSSR count). The van der Waals surface area contributed by atoms with Gasteiger partial charge in [0, 0.05) is 32.6 Å². The average Bonchev–Trinajstić information content (AvgIpc) is 2.48. The Labute approximate surface area is 134 Å². The van der Waals surface area contributed by atoms with E-state index in [2.05, 4.69) is 23.9 Å². The van der Waals surface area contributed by atoms with E-state index in [4.69, 9.17) is 9.84 Å². The highest BCUT2D eigenvalue weighted by atomic mass is 16.5. The van der Waals surface area contributed by atoms with Crippen LogP contribution < -0.4 is 0 Å². The van der Waals surface area contributed by atoms with E-state index in [1.807, 2.05) is 6.92 Å². The third-order valence-electron chi connectivity index (χ3n) is 3.21. The van der Waals surface area contributed by atoms with Crippen molar-refractivity contribution in [2.24, 2.45) is 0 Å². The summed E-state index contributed by atoms with van der Waals surface area (Å²) in [6.07, 6.45) is 3.99. The lowest BCUT2D eigenvalue weighted by atomic mass is 10.3. The van der Waals surface area contributed by atoms with Crippen molar-refractivity contribution in [2.75, 3.05) is 32.8 Å². The van der Waals surface area contributed by atoms with E-state index in [0.717, 1.165) is 32.4 Å². The largest absolute Gasteiger partial charge is 0.481 e. The Morgan fingerprint density at radius 3 is 1.95 bits per heavy atom. The molecule has 0 bridgehead atoms. The fourth-order valence-electron chi connectivity index (χ4n) is 2.23. The van der Waals surface area contributed by atoms with Crippen molar-refractivity contribution in [1.29, 1.82) is 0 Å². The van der Waals surface area contributed by atoms with Crippen LogP contribution in [-0.2, 0) is 14.3 Å². The van der Waals surface area contributed by atoms with Gasteiger partial charge in [0.1, 0.15) is 0 Å². The van der Waals surface area contributed by atoms with Crippen molar-refractivity contribution in [3.8, 4) is 0 Å². The summed E-state index contributed by atoms with van der Waals surface area (Å²) in [7, 11) is 0. The van der Waals surface area contributed by atoms with Crippen molar-refractivity contribution >= 4 is 11.9 Å². The van der Waals surface area contributed by atoms with Gasteiger partial charge in [-0.25, -0.2) is 10.0 Å². The van der Waals surface area contributed by atoms with Gasteiger partial charge in [-0.05, 0) is 25.7 Å². The average molecular weight is 316 g/mol. The zero-order valence-corrected chi connectivity index (χ0v) is 14.3. The maximum Gasteiger partial charge on any atom is 0.307 e. The summed E-state index contributed by atoms with van der Waals surface area (Å²) in [5.41, 5.74) is 0. The molecule has 0 aliphatic carbocycles. The monoisotopic (exact) mass is 316 g/mol. The topological polar surface area (TPSA) is 70.1 Å². The maximum atomic E-state index is 11.6. The zero-order valence-electron chi connectivity index (χ0n) is 14.3. The standard InChI is InChI=1S/C16H32N2O4/c1-4-10-17(12-7-8-15(19)20)18(11-5-2)13-9-16(21)22-14-6-3/h4-14H2,1-3H3,(H,19,20). The molecule has 1 N–H and O–H groups in total. The van der Waals surface area contributed by atoms with Crippen LogP contribution in [0.1, 0.15) is 59.3 Å². The van der Waals surface area contributed by atoms with Crippen LogP contribution >= 0.6 is 0 Å². The number of carbonyl (C=O) groups is 2. The number of hydrogen-bond acceptors (Lipinski definition) is 5. The lowest BCUT2D eigenvalue weighted by Crippen LogP contribution is -2.45. The van der Waals surface area contributed by atoms with Gasteiger partial charge in [-0.15, -0.1) is 0 Å². The highest BCUT2D eigenvalue weighted by molar-refractivity contribution is 5.69. The smallest absolute Gasteiger partial charge is 0.307 e. The Hall–Kier alpha value is -1.14. The van der Waals surface area contributed by atoms with E-state index in [9.17, 15) is 9.59 Å². The molecule has 22 heavy (non-hydrogen) atoms. The minimum Gasteiger partial charge on any atom is -0.481 e. The van der Waals surface area contributed by atoms with Gasteiger partial charge in [0.15, 0.2) is 0 Å². The number of carboxylic acids is 1. The van der Waals surface area contributed by atoms with E-state index in [-0.39, 0.29) is 12.4 Å². The van der Waals surface area contributed by atoms with Crippen LogP contribution in [0.25, 0.3) is 0 Å². The first-order valence-corrected chi connectivity index (χ1v) is 8.42. The number of rotatable bonds is 14. The van der Waals surface area contributed by atoms with Crippen molar-refractivity contribution in [2.45, 2.75) is 59.3 Å². The molecule has 6 nitrogen and oxygen atoms in total. The number of carbonyl (C=O) groups excluding carboxylic acids is 1. The second kappa shape index (κ2) is 13.5. The third-order valence-corrected chi connectivity index (χ3v) is 3.21. The van der Waals surface area contributed by atoms with Crippen LogP contribution in [0.3, 0.4) is 0 Å². The zero-order chi connectivity index (χ0) is 16.8. The summed E-state index contributed by atoms with van der Waals surface area (Å²) in [5.74, 6) is -0.924. The molecular formula is C16H32N2O4. The molecule has 0 saturated heterocycles. The van der Waals surface area contributed by atoms with Crippen LogP contribution in [0, 0.1) is 0 Å². The van der Waals surface area contributed by atoms with Crippen LogP contribution in [0.4, 0.5) is 0 Å². The number of ether oxygens (including phenoxy) is 1. The Bertz CT molecular complexity index is 311. The van der Waals surface area contributed by atoms with Gasteiger partial charge >= 0.3 is 11.9 Å². The molecule has 0 aliphatic heterocycles. The lowest BCUT2D eigenvalue weighted by Gasteiger charge is -2.34. The molecule has 0 unspecified atom stereocenters. The molecule has 6 heteroatoms. The summed E-state index contributed by atoms with van der Waals surface area (Å²) in [6.45, 7) is 9.74. The highest BCUT2D eigenvalue weighted by Gasteiger charge is 2.16. The number of hydrogen-bond donors (Lipinski definition) is 1. The van der Waals surface area contributed by atoms with Crippen molar-refractivity contribution in [1.82, 2.24) is 10.0 Å². The fraction of sp³-hybridized carbons (Fsp3) is 0.875. The minimum absolute atomic E-state index is 0.162. The van der Waals surface area contributed by atoms with Crippen LogP contribution in [0.5, 0.6) is 0 Å². The fourth-order valence-corrected chi connectivity index (χ4v) is 2.23. The molecule has 0 aliphatic rings. The molecule has 0 aromatic rings. The molecule has 0 aromatic heterocycles. The van der Waals surface area contributed by atoms with E-state index >= 15 is 0 Å². The van der Waals surface area contributed by atoms with Crippen LogP contribution in [0.15, 0.2) is 0 Å². The molecule has 0 heterocycles. The molecule has 0 radical (unpaired) electrons. The first-order chi connectivity index (χ1) is 10.5. The molecular weight excluding hydrogens is 284 g/mol. The Balaban J connectivity index is 4.40. The van der Waals surface area contributed by atoms with Gasteiger partial charge < -0.3 is 9.84 Å². The van der Waals surface area contributed by atoms with Gasteiger partial charge in [-0.3, -0.25) is 9.59 Å². The predicted octanol–water partition coefficient (Wildman–Crippen LogP) is 2.53. The van der Waals surface area contributed by atoms with Crippen molar-refractivity contribution < 1.29 is 19.4 Å². The number of esters is 1.